The predicted octanol–water partition coefficient (Wildman–Crippen LogP) is 3.14. The molecule has 2 aliphatic heterocycles. The van der Waals surface area contributed by atoms with Crippen molar-refractivity contribution in [2.45, 2.75) is 12.5 Å². The molecule has 1 saturated heterocycles. The van der Waals surface area contributed by atoms with Gasteiger partial charge < -0.3 is 23.9 Å². The molecule has 0 unspecified atom stereocenters. The number of pyridine rings is 1. The number of aromatic nitrogens is 1. The van der Waals surface area contributed by atoms with Crippen molar-refractivity contribution in [3.8, 4) is 5.75 Å². The molecule has 35 heavy (non-hydrogen) atoms. The first kappa shape index (κ1) is 23.1. The van der Waals surface area contributed by atoms with Crippen molar-refractivity contribution in [1.82, 2.24) is 14.8 Å². The summed E-state index contributed by atoms with van der Waals surface area (Å²) in [5.74, 6) is -1.14. The van der Waals surface area contributed by atoms with Gasteiger partial charge in [-0.05, 0) is 30.2 Å². The molecule has 9 nitrogen and oxygen atoms in total. The van der Waals surface area contributed by atoms with Crippen LogP contribution in [0.2, 0.25) is 0 Å². The zero-order chi connectivity index (χ0) is 24.4. The summed E-state index contributed by atoms with van der Waals surface area (Å²) in [6.45, 7) is 4.27. The molecule has 9 heteroatoms. The number of morpholine rings is 1. The number of ketones is 1. The van der Waals surface area contributed by atoms with E-state index in [9.17, 15) is 14.7 Å². The Kier molecular flexibility index (Phi) is 6.52. The first-order valence-electron chi connectivity index (χ1n) is 11.6. The number of carbonyl (C=O) groups is 2. The van der Waals surface area contributed by atoms with Crippen LogP contribution in [0.25, 0.3) is 11.0 Å². The smallest absolute Gasteiger partial charge is 0.290 e. The fraction of sp³-hybridized carbons (Fsp3) is 0.346. The lowest BCUT2D eigenvalue weighted by Crippen LogP contribution is -2.39. The minimum Gasteiger partial charge on any atom is -0.503 e. The van der Waals surface area contributed by atoms with Crippen LogP contribution in [0, 0.1) is 0 Å². The van der Waals surface area contributed by atoms with Crippen LogP contribution < -0.4 is 4.74 Å². The van der Waals surface area contributed by atoms with E-state index in [-0.39, 0.29) is 11.3 Å². The van der Waals surface area contributed by atoms with Crippen molar-refractivity contribution < 1.29 is 28.6 Å². The number of hydrogen-bond donors (Lipinski definition) is 1. The van der Waals surface area contributed by atoms with Gasteiger partial charge in [-0.1, -0.05) is 18.2 Å². The number of nitrogens with zero attached hydrogens (tertiary/aromatic N) is 3. The molecule has 2 aromatic heterocycles. The molecule has 1 aromatic carbocycles. The highest BCUT2D eigenvalue weighted by atomic mass is 16.5. The third-order valence-corrected chi connectivity index (χ3v) is 6.48. The van der Waals surface area contributed by atoms with Crippen LogP contribution in [0.15, 0.2) is 64.5 Å². The summed E-state index contributed by atoms with van der Waals surface area (Å²) in [4.78, 5) is 34.8. The summed E-state index contributed by atoms with van der Waals surface area (Å²) in [5.41, 5.74) is 1.07. The monoisotopic (exact) mass is 477 g/mol. The first-order valence-corrected chi connectivity index (χ1v) is 11.6. The average molecular weight is 478 g/mol. The van der Waals surface area contributed by atoms with E-state index in [1.807, 2.05) is 6.07 Å². The number of rotatable bonds is 8. The van der Waals surface area contributed by atoms with Crippen LogP contribution in [0.1, 0.15) is 28.6 Å². The minimum atomic E-state index is -0.761. The summed E-state index contributed by atoms with van der Waals surface area (Å²) in [7, 11) is 1.52. The van der Waals surface area contributed by atoms with Gasteiger partial charge in [-0.25, -0.2) is 0 Å². The topological polar surface area (TPSA) is 105 Å². The second kappa shape index (κ2) is 9.89. The quantitative estimate of drug-likeness (QED) is 0.494. The summed E-state index contributed by atoms with van der Waals surface area (Å²) in [6, 6.07) is 9.74. The maximum atomic E-state index is 13.6. The number of methoxy groups -OCH3 is 1. The molecule has 182 valence electrons. The second-order valence-electron chi connectivity index (χ2n) is 8.58. The lowest BCUT2D eigenvalue weighted by Gasteiger charge is -2.29. The number of aliphatic hydroxyl groups excluding tert-OH is 1. The fourth-order valence-corrected chi connectivity index (χ4v) is 4.73. The first-order chi connectivity index (χ1) is 17.1. The predicted molar refractivity (Wildman–Crippen MR) is 127 cm³/mol. The second-order valence-corrected chi connectivity index (χ2v) is 8.58. The van der Waals surface area contributed by atoms with Gasteiger partial charge in [0.05, 0.1) is 31.9 Å². The molecule has 4 heterocycles. The van der Waals surface area contributed by atoms with E-state index in [0.717, 1.165) is 19.6 Å². The number of carbonyl (C=O) groups excluding carboxylic acids is 2. The molecule has 3 aromatic rings. The highest BCUT2D eigenvalue weighted by Gasteiger charge is 2.44. The Labute approximate surface area is 202 Å². The van der Waals surface area contributed by atoms with E-state index < -0.39 is 23.5 Å². The van der Waals surface area contributed by atoms with Crippen LogP contribution in [0.3, 0.4) is 0 Å². The minimum absolute atomic E-state index is 0.00704. The van der Waals surface area contributed by atoms with Crippen molar-refractivity contribution in [3.05, 3.63) is 71.4 Å². The lowest BCUT2D eigenvalue weighted by molar-refractivity contribution is -0.129. The van der Waals surface area contributed by atoms with E-state index in [2.05, 4.69) is 9.88 Å². The van der Waals surface area contributed by atoms with Gasteiger partial charge in [0.2, 0.25) is 5.78 Å². The molecule has 5 rings (SSSR count). The third-order valence-electron chi connectivity index (χ3n) is 6.48. The van der Waals surface area contributed by atoms with Gasteiger partial charge >= 0.3 is 0 Å². The third kappa shape index (κ3) is 4.40. The number of aliphatic hydroxyl groups is 1. The van der Waals surface area contributed by atoms with Gasteiger partial charge in [0.1, 0.15) is 0 Å². The van der Waals surface area contributed by atoms with E-state index in [0.29, 0.717) is 48.5 Å². The van der Waals surface area contributed by atoms with E-state index in [4.69, 9.17) is 13.9 Å². The summed E-state index contributed by atoms with van der Waals surface area (Å²) in [5, 5.41) is 11.6. The summed E-state index contributed by atoms with van der Waals surface area (Å²) >= 11 is 0. The number of benzene rings is 1. The summed E-state index contributed by atoms with van der Waals surface area (Å²) < 4.78 is 16.6. The molecule has 1 atom stereocenters. The standard InChI is InChI=1S/C26H27N3O6/c1-33-19-7-2-5-17-15-20(35-25(17)19)23(30)21-22(18-6-3-8-27-16-18)29(26(32)24(21)31)10-4-9-28-11-13-34-14-12-28/h2-3,5-8,15-16,22,31H,4,9-14H2,1H3/t22-/m0/s1. The zero-order valence-electron chi connectivity index (χ0n) is 19.5. The zero-order valence-corrected chi connectivity index (χ0v) is 19.5. The molecule has 0 radical (unpaired) electrons. The number of furan rings is 1. The number of hydrogen-bond acceptors (Lipinski definition) is 8. The largest absolute Gasteiger partial charge is 0.503 e. The highest BCUT2D eigenvalue weighted by Crippen LogP contribution is 2.40. The number of para-hydroxylation sites is 1. The van der Waals surface area contributed by atoms with Crippen LogP contribution >= 0.6 is 0 Å². The Bertz CT molecular complexity index is 1260. The van der Waals surface area contributed by atoms with Crippen LogP contribution in [-0.2, 0) is 9.53 Å². The molecule has 1 N–H and O–H groups in total. The highest BCUT2D eigenvalue weighted by molar-refractivity contribution is 6.16. The van der Waals surface area contributed by atoms with Crippen LogP contribution in [0.4, 0.5) is 0 Å². The van der Waals surface area contributed by atoms with E-state index >= 15 is 0 Å². The Morgan fingerprint density at radius 3 is 2.77 bits per heavy atom. The molecule has 0 aliphatic carbocycles. The molecule has 0 bridgehead atoms. The van der Waals surface area contributed by atoms with Crippen molar-refractivity contribution in [3.63, 3.8) is 0 Å². The van der Waals surface area contributed by atoms with Crippen molar-refractivity contribution >= 4 is 22.7 Å². The number of fused-ring (bicyclic) bond motifs is 1. The Morgan fingerprint density at radius 1 is 1.20 bits per heavy atom. The number of Topliss-reactive ketones (excluding diaryl/α,β-unsaturated/α-hetero) is 1. The van der Waals surface area contributed by atoms with Crippen LogP contribution in [-0.4, -0.2) is 78.1 Å². The van der Waals surface area contributed by atoms with Gasteiger partial charge in [0.15, 0.2) is 22.9 Å². The Morgan fingerprint density at radius 2 is 2.03 bits per heavy atom. The number of amides is 1. The lowest BCUT2D eigenvalue weighted by atomic mass is 9.96. The van der Waals surface area contributed by atoms with Crippen molar-refractivity contribution in [2.75, 3.05) is 46.5 Å². The van der Waals surface area contributed by atoms with Gasteiger partial charge in [0, 0.05) is 44.0 Å². The molecular formula is C26H27N3O6. The average Bonchev–Trinajstić information content (AvgIpc) is 3.44. The van der Waals surface area contributed by atoms with Crippen molar-refractivity contribution in [2.24, 2.45) is 0 Å². The maximum absolute atomic E-state index is 13.6. The molecule has 0 spiro atoms. The molecule has 0 saturated carbocycles. The van der Waals surface area contributed by atoms with Crippen molar-refractivity contribution in [1.29, 1.82) is 0 Å². The molecule has 1 fully saturated rings. The van der Waals surface area contributed by atoms with Crippen LogP contribution in [0.5, 0.6) is 5.75 Å². The van der Waals surface area contributed by atoms with Gasteiger partial charge in [-0.15, -0.1) is 0 Å². The van der Waals surface area contributed by atoms with E-state index in [1.54, 1.807) is 47.6 Å². The van der Waals surface area contributed by atoms with Gasteiger partial charge in [0.25, 0.3) is 5.91 Å². The SMILES string of the molecule is COc1cccc2cc(C(=O)C3=C(O)C(=O)N(CCCN4CCOCC4)[C@H]3c3cccnc3)oc12. The molecule has 1 amide bonds. The Hall–Kier alpha value is -3.69. The summed E-state index contributed by atoms with van der Waals surface area (Å²) in [6.07, 6.45) is 3.93. The molecular weight excluding hydrogens is 450 g/mol. The normalized spacial score (nSPS) is 19.1. The molecule has 2 aliphatic rings. The Balaban J connectivity index is 1.45. The maximum Gasteiger partial charge on any atom is 0.290 e. The van der Waals surface area contributed by atoms with Gasteiger partial charge in [-0.2, -0.15) is 0 Å². The van der Waals surface area contributed by atoms with Gasteiger partial charge in [-0.3, -0.25) is 19.5 Å². The number of ether oxygens (including phenoxy) is 2. The van der Waals surface area contributed by atoms with E-state index in [1.165, 1.54) is 7.11 Å². The fourth-order valence-electron chi connectivity index (χ4n) is 4.73.